The first-order valence-electron chi connectivity index (χ1n) is 5.50. The third kappa shape index (κ3) is 10.1. The second kappa shape index (κ2) is 9.04. The largest absolute Gasteiger partial charge is 0.391 e. The number of thioether (sulfide) groups is 1. The molecule has 3 nitrogen and oxygen atoms in total. The van der Waals surface area contributed by atoms with Gasteiger partial charge in [0.15, 0.2) is 0 Å². The van der Waals surface area contributed by atoms with Crippen LogP contribution in [0.25, 0.3) is 0 Å². The van der Waals surface area contributed by atoms with E-state index in [2.05, 4.69) is 19.2 Å². The van der Waals surface area contributed by atoms with Gasteiger partial charge in [-0.1, -0.05) is 13.8 Å². The Morgan fingerprint density at radius 3 is 2.67 bits per heavy atom. The van der Waals surface area contributed by atoms with Crippen molar-refractivity contribution in [3.63, 3.8) is 0 Å². The Bertz CT molecular complexity index is 174. The SMILES string of the molecule is CSCCCC(=O)NCC(O)CC(C)C. The predicted octanol–water partition coefficient (Wildman–Crippen LogP) is 1.65. The second-order valence-corrected chi connectivity index (χ2v) is 5.17. The summed E-state index contributed by atoms with van der Waals surface area (Å²) in [5.41, 5.74) is 0. The summed E-state index contributed by atoms with van der Waals surface area (Å²) in [6.07, 6.45) is 3.84. The van der Waals surface area contributed by atoms with E-state index in [0.29, 0.717) is 18.9 Å². The van der Waals surface area contributed by atoms with Crippen LogP contribution < -0.4 is 5.32 Å². The Morgan fingerprint density at radius 2 is 2.13 bits per heavy atom. The van der Waals surface area contributed by atoms with Crippen molar-refractivity contribution < 1.29 is 9.90 Å². The summed E-state index contributed by atoms with van der Waals surface area (Å²) in [7, 11) is 0. The number of aliphatic hydroxyl groups excluding tert-OH is 1. The van der Waals surface area contributed by atoms with Gasteiger partial charge in [-0.25, -0.2) is 0 Å². The number of aliphatic hydroxyl groups is 1. The van der Waals surface area contributed by atoms with Crippen LogP contribution in [0.5, 0.6) is 0 Å². The van der Waals surface area contributed by atoms with Gasteiger partial charge in [-0.15, -0.1) is 0 Å². The molecule has 1 atom stereocenters. The number of hydrogen-bond donors (Lipinski definition) is 2. The number of hydrogen-bond acceptors (Lipinski definition) is 3. The lowest BCUT2D eigenvalue weighted by Gasteiger charge is -2.13. The highest BCUT2D eigenvalue weighted by molar-refractivity contribution is 7.98. The monoisotopic (exact) mass is 233 g/mol. The molecule has 1 amide bonds. The van der Waals surface area contributed by atoms with Crippen LogP contribution in [0, 0.1) is 5.92 Å². The minimum atomic E-state index is -0.408. The van der Waals surface area contributed by atoms with E-state index in [4.69, 9.17) is 0 Å². The Labute approximate surface area is 97.0 Å². The van der Waals surface area contributed by atoms with Crippen LogP contribution in [0.1, 0.15) is 33.1 Å². The maximum absolute atomic E-state index is 11.3. The van der Waals surface area contributed by atoms with Gasteiger partial charge in [-0.05, 0) is 30.8 Å². The first-order chi connectivity index (χ1) is 7.06. The third-order valence-corrected chi connectivity index (χ3v) is 2.73. The van der Waals surface area contributed by atoms with Crippen LogP contribution in [0.15, 0.2) is 0 Å². The van der Waals surface area contributed by atoms with Gasteiger partial charge in [0, 0.05) is 13.0 Å². The molecule has 0 spiro atoms. The zero-order valence-electron chi connectivity index (χ0n) is 9.95. The Balaban J connectivity index is 3.44. The van der Waals surface area contributed by atoms with Crippen molar-refractivity contribution in [2.45, 2.75) is 39.2 Å². The topological polar surface area (TPSA) is 49.3 Å². The van der Waals surface area contributed by atoms with E-state index in [9.17, 15) is 9.90 Å². The van der Waals surface area contributed by atoms with E-state index >= 15 is 0 Å². The molecule has 0 aliphatic rings. The minimum Gasteiger partial charge on any atom is -0.391 e. The average molecular weight is 233 g/mol. The first kappa shape index (κ1) is 14.8. The predicted molar refractivity (Wildman–Crippen MR) is 66.1 cm³/mol. The summed E-state index contributed by atoms with van der Waals surface area (Å²) in [5.74, 6) is 1.53. The highest BCUT2D eigenvalue weighted by Gasteiger charge is 2.08. The molecule has 0 aromatic carbocycles. The minimum absolute atomic E-state index is 0.0480. The van der Waals surface area contributed by atoms with Crippen LogP contribution in [0.3, 0.4) is 0 Å². The highest BCUT2D eigenvalue weighted by Crippen LogP contribution is 2.03. The fourth-order valence-electron chi connectivity index (χ4n) is 1.32. The molecule has 0 aliphatic heterocycles. The van der Waals surface area contributed by atoms with Crippen molar-refractivity contribution >= 4 is 17.7 Å². The molecule has 0 saturated carbocycles. The Hall–Kier alpha value is -0.220. The van der Waals surface area contributed by atoms with Gasteiger partial charge in [0.25, 0.3) is 0 Å². The molecule has 4 heteroatoms. The van der Waals surface area contributed by atoms with Crippen LogP contribution in [0.4, 0.5) is 0 Å². The molecule has 90 valence electrons. The van der Waals surface area contributed by atoms with Gasteiger partial charge in [-0.2, -0.15) is 11.8 Å². The van der Waals surface area contributed by atoms with Crippen molar-refractivity contribution in [2.75, 3.05) is 18.6 Å². The van der Waals surface area contributed by atoms with E-state index in [1.165, 1.54) is 0 Å². The molecule has 0 saturated heterocycles. The standard InChI is InChI=1S/C11H23NO2S/c1-9(2)7-10(13)8-12-11(14)5-4-6-15-3/h9-10,13H,4-8H2,1-3H3,(H,12,14). The van der Waals surface area contributed by atoms with Crippen LogP contribution in [-0.2, 0) is 4.79 Å². The van der Waals surface area contributed by atoms with Gasteiger partial charge in [0.2, 0.25) is 5.91 Å². The maximum atomic E-state index is 11.3. The van der Waals surface area contributed by atoms with Crippen molar-refractivity contribution in [1.29, 1.82) is 0 Å². The van der Waals surface area contributed by atoms with Crippen molar-refractivity contribution in [3.05, 3.63) is 0 Å². The van der Waals surface area contributed by atoms with Gasteiger partial charge in [0.05, 0.1) is 6.10 Å². The third-order valence-electron chi connectivity index (χ3n) is 2.03. The van der Waals surface area contributed by atoms with Gasteiger partial charge in [0.1, 0.15) is 0 Å². The molecular weight excluding hydrogens is 210 g/mol. The number of carbonyl (C=O) groups is 1. The van der Waals surface area contributed by atoms with E-state index in [-0.39, 0.29) is 5.91 Å². The lowest BCUT2D eigenvalue weighted by Crippen LogP contribution is -2.32. The molecule has 15 heavy (non-hydrogen) atoms. The van der Waals surface area contributed by atoms with E-state index in [1.54, 1.807) is 11.8 Å². The Morgan fingerprint density at radius 1 is 1.47 bits per heavy atom. The lowest BCUT2D eigenvalue weighted by molar-refractivity contribution is -0.121. The van der Waals surface area contributed by atoms with E-state index in [1.807, 2.05) is 6.26 Å². The molecule has 0 fully saturated rings. The molecule has 0 radical (unpaired) electrons. The smallest absolute Gasteiger partial charge is 0.220 e. The Kier molecular flexibility index (Phi) is 8.91. The molecule has 0 aromatic heterocycles. The normalized spacial score (nSPS) is 12.9. The summed E-state index contributed by atoms with van der Waals surface area (Å²) < 4.78 is 0. The summed E-state index contributed by atoms with van der Waals surface area (Å²) in [4.78, 5) is 11.3. The number of rotatable bonds is 8. The van der Waals surface area contributed by atoms with Crippen molar-refractivity contribution in [3.8, 4) is 0 Å². The molecular formula is C11H23NO2S. The fraction of sp³-hybridized carbons (Fsp3) is 0.909. The van der Waals surface area contributed by atoms with Crippen LogP contribution >= 0.6 is 11.8 Å². The molecule has 0 bridgehead atoms. The molecule has 0 rings (SSSR count). The average Bonchev–Trinajstić information content (AvgIpc) is 2.14. The zero-order valence-corrected chi connectivity index (χ0v) is 10.8. The number of nitrogens with one attached hydrogen (secondary N) is 1. The molecule has 1 unspecified atom stereocenters. The van der Waals surface area contributed by atoms with Gasteiger partial charge < -0.3 is 10.4 Å². The van der Waals surface area contributed by atoms with Crippen LogP contribution in [-0.4, -0.2) is 35.7 Å². The maximum Gasteiger partial charge on any atom is 0.220 e. The molecule has 2 N–H and O–H groups in total. The summed E-state index contributed by atoms with van der Waals surface area (Å²) in [6.45, 7) is 4.50. The van der Waals surface area contributed by atoms with E-state index < -0.39 is 6.10 Å². The lowest BCUT2D eigenvalue weighted by atomic mass is 10.1. The fourth-order valence-corrected chi connectivity index (χ4v) is 1.76. The summed E-state index contributed by atoms with van der Waals surface area (Å²) >= 11 is 1.75. The quantitative estimate of drug-likeness (QED) is 0.627. The second-order valence-electron chi connectivity index (χ2n) is 4.18. The summed E-state index contributed by atoms with van der Waals surface area (Å²) in [6, 6.07) is 0. The van der Waals surface area contributed by atoms with Gasteiger partial charge >= 0.3 is 0 Å². The van der Waals surface area contributed by atoms with Crippen molar-refractivity contribution in [1.82, 2.24) is 5.32 Å². The summed E-state index contributed by atoms with van der Waals surface area (Å²) in [5, 5.41) is 12.3. The first-order valence-corrected chi connectivity index (χ1v) is 6.89. The molecule has 0 aliphatic carbocycles. The molecule has 0 aromatic rings. The highest BCUT2D eigenvalue weighted by atomic mass is 32.2. The number of amides is 1. The zero-order chi connectivity index (χ0) is 11.7. The van der Waals surface area contributed by atoms with Crippen LogP contribution in [0.2, 0.25) is 0 Å². The number of carbonyl (C=O) groups excluding carboxylic acids is 1. The van der Waals surface area contributed by atoms with E-state index in [0.717, 1.165) is 18.6 Å². The van der Waals surface area contributed by atoms with Gasteiger partial charge in [-0.3, -0.25) is 4.79 Å². The van der Waals surface area contributed by atoms with Crippen molar-refractivity contribution in [2.24, 2.45) is 5.92 Å². The molecule has 0 heterocycles.